The number of halogens is 1. The van der Waals surface area contributed by atoms with Gasteiger partial charge >= 0.3 is 18.7 Å². The van der Waals surface area contributed by atoms with E-state index in [1.807, 2.05) is 0 Å². The molecule has 0 fully saturated rings. The van der Waals surface area contributed by atoms with Crippen molar-refractivity contribution in [1.29, 1.82) is 0 Å². The zero-order valence-electron chi connectivity index (χ0n) is 11.9. The molecule has 4 N–H and O–H groups in total. The maximum atomic E-state index is 11.6. The lowest BCUT2D eigenvalue weighted by atomic mass is 10.1. The van der Waals surface area contributed by atoms with Crippen LogP contribution in [0.5, 0.6) is 0 Å². The minimum atomic E-state index is -4.46. The van der Waals surface area contributed by atoms with Crippen molar-refractivity contribution in [2.75, 3.05) is 6.29 Å². The third kappa shape index (κ3) is 4.29. The molecule has 0 spiro atoms. The van der Waals surface area contributed by atoms with Crippen LogP contribution < -0.4 is 11.1 Å². The number of hydrogen-bond donors (Lipinski definition) is 4. The molecule has 1 aromatic heterocycles. The molecule has 0 saturated heterocycles. The molecule has 124 valence electrons. The number of fused-ring (bicyclic) bond motifs is 1. The summed E-state index contributed by atoms with van der Waals surface area (Å²) in [4.78, 5) is 58.2. The average Bonchev–Trinajstić information content (AvgIpc) is 2.38. The largest absolute Gasteiger partial charge is 0.344 e. The van der Waals surface area contributed by atoms with E-state index in [0.717, 1.165) is 11.8 Å². The molecule has 0 atom stereocenters. The fourth-order valence-electron chi connectivity index (χ4n) is 2.07. The first kappa shape index (κ1) is 17.4. The maximum absolute atomic E-state index is 11.6. The number of aromatic nitrogens is 2. The van der Waals surface area contributed by atoms with Gasteiger partial charge in [-0.15, -0.1) is 0 Å². The van der Waals surface area contributed by atoms with E-state index >= 15 is 0 Å². The van der Waals surface area contributed by atoms with Crippen molar-refractivity contribution in [2.45, 2.75) is 13.5 Å². The van der Waals surface area contributed by atoms with Crippen LogP contribution in [-0.4, -0.2) is 36.8 Å². The number of nitrogens with one attached hydrogen (secondary N) is 2. The number of H-pyrrole nitrogens is 2. The number of carbonyl (C=O) groups is 1. The molecule has 1 aromatic carbocycles. The second kappa shape index (κ2) is 6.29. The van der Waals surface area contributed by atoms with E-state index in [-0.39, 0.29) is 22.6 Å². The Hall–Kier alpha value is -1.93. The van der Waals surface area contributed by atoms with Gasteiger partial charge in [0, 0.05) is 18.5 Å². The van der Waals surface area contributed by atoms with Crippen molar-refractivity contribution in [3.8, 4) is 0 Å². The molecule has 0 aliphatic carbocycles. The number of nitrogens with zero attached hydrogens (tertiary/aromatic N) is 1. The van der Waals surface area contributed by atoms with Crippen LogP contribution in [0.4, 0.5) is 0 Å². The van der Waals surface area contributed by atoms with Gasteiger partial charge in [0.25, 0.3) is 0 Å². The molecule has 1 amide bonds. The molecule has 23 heavy (non-hydrogen) atoms. The topological polar surface area (TPSA) is 144 Å². The standard InChI is InChI=1S/C12H13ClN3O6P/c1-6(17)16(5-23(20,21)22)4-7-2-8(13)3-9-10(7)15-12(19)11(18)14-9/h2-3H,4-5H2,1H3,(H,14,18)(H,15,19)(H2,20,21,22). The molecule has 0 aliphatic rings. The Labute approximate surface area is 134 Å². The molecule has 2 rings (SSSR count). The second-order valence-electron chi connectivity index (χ2n) is 4.92. The van der Waals surface area contributed by atoms with Crippen molar-refractivity contribution >= 4 is 36.1 Å². The minimum Gasteiger partial charge on any atom is -0.327 e. The normalized spacial score (nSPS) is 11.7. The monoisotopic (exact) mass is 361 g/mol. The first-order chi connectivity index (χ1) is 10.6. The Morgan fingerprint density at radius 3 is 2.43 bits per heavy atom. The molecule has 0 bridgehead atoms. The fraction of sp³-hybridized carbons (Fsp3) is 0.250. The number of rotatable bonds is 4. The summed E-state index contributed by atoms with van der Waals surface area (Å²) in [5, 5.41) is 0.231. The molecule has 0 aliphatic heterocycles. The summed E-state index contributed by atoms with van der Waals surface area (Å²) in [7, 11) is -4.46. The highest BCUT2D eigenvalue weighted by Crippen LogP contribution is 2.36. The number of carbonyl (C=O) groups excluding carboxylic acids is 1. The van der Waals surface area contributed by atoms with Crippen LogP contribution in [0.2, 0.25) is 5.02 Å². The van der Waals surface area contributed by atoms with Gasteiger partial charge in [-0.05, 0) is 17.7 Å². The number of amides is 1. The van der Waals surface area contributed by atoms with Gasteiger partial charge in [-0.2, -0.15) is 0 Å². The Kier molecular flexibility index (Phi) is 4.76. The predicted octanol–water partition coefficient (Wildman–Crippen LogP) is 0.353. The molecule has 0 unspecified atom stereocenters. The molecular formula is C12H13ClN3O6P. The predicted molar refractivity (Wildman–Crippen MR) is 83.3 cm³/mol. The van der Waals surface area contributed by atoms with Crippen LogP contribution in [-0.2, 0) is 15.9 Å². The third-order valence-electron chi connectivity index (χ3n) is 3.04. The van der Waals surface area contributed by atoms with Gasteiger partial charge in [-0.1, -0.05) is 11.6 Å². The number of benzene rings is 1. The lowest BCUT2D eigenvalue weighted by molar-refractivity contribution is -0.128. The summed E-state index contributed by atoms with van der Waals surface area (Å²) >= 11 is 5.94. The lowest BCUT2D eigenvalue weighted by Gasteiger charge is -2.22. The van der Waals surface area contributed by atoms with E-state index in [0.29, 0.717) is 5.56 Å². The van der Waals surface area contributed by atoms with Gasteiger partial charge in [0.1, 0.15) is 6.29 Å². The van der Waals surface area contributed by atoms with Crippen LogP contribution in [0.3, 0.4) is 0 Å². The zero-order chi connectivity index (χ0) is 17.4. The maximum Gasteiger partial charge on any atom is 0.344 e. The van der Waals surface area contributed by atoms with E-state index in [1.54, 1.807) is 0 Å². The van der Waals surface area contributed by atoms with E-state index in [1.165, 1.54) is 12.1 Å². The Bertz CT molecular complexity index is 931. The SMILES string of the molecule is CC(=O)N(Cc1cc(Cl)cc2[nH]c(=O)c(=O)[nH]c12)CP(=O)(O)O. The Morgan fingerprint density at radius 1 is 1.26 bits per heavy atom. The summed E-state index contributed by atoms with van der Waals surface area (Å²) < 4.78 is 11.1. The smallest absolute Gasteiger partial charge is 0.327 e. The van der Waals surface area contributed by atoms with Crippen molar-refractivity contribution in [3.63, 3.8) is 0 Å². The van der Waals surface area contributed by atoms with Crippen LogP contribution in [0, 0.1) is 0 Å². The first-order valence-electron chi connectivity index (χ1n) is 6.31. The first-order valence-corrected chi connectivity index (χ1v) is 8.49. The van der Waals surface area contributed by atoms with Crippen LogP contribution in [0.1, 0.15) is 12.5 Å². The van der Waals surface area contributed by atoms with Gasteiger partial charge in [-0.25, -0.2) is 0 Å². The molecule has 0 saturated carbocycles. The van der Waals surface area contributed by atoms with Gasteiger partial charge in [0.05, 0.1) is 11.0 Å². The highest BCUT2D eigenvalue weighted by molar-refractivity contribution is 7.51. The minimum absolute atomic E-state index is 0.195. The van der Waals surface area contributed by atoms with E-state index in [9.17, 15) is 18.9 Å². The molecule has 1 heterocycles. The van der Waals surface area contributed by atoms with Gasteiger partial charge in [-0.3, -0.25) is 18.9 Å². The summed E-state index contributed by atoms with van der Waals surface area (Å²) in [6, 6.07) is 2.85. The van der Waals surface area contributed by atoms with Crippen molar-refractivity contribution in [3.05, 3.63) is 43.4 Å². The lowest BCUT2D eigenvalue weighted by Crippen LogP contribution is -2.31. The second-order valence-corrected chi connectivity index (χ2v) is 6.97. The van der Waals surface area contributed by atoms with Gasteiger partial charge in [0.2, 0.25) is 5.91 Å². The highest BCUT2D eigenvalue weighted by atomic mass is 35.5. The van der Waals surface area contributed by atoms with E-state index < -0.39 is 30.9 Å². The van der Waals surface area contributed by atoms with Crippen LogP contribution in [0.15, 0.2) is 21.7 Å². The molecule has 2 aromatic rings. The Balaban J connectivity index is 2.55. The van der Waals surface area contributed by atoms with Crippen LogP contribution >= 0.6 is 19.2 Å². The average molecular weight is 362 g/mol. The molecule has 0 radical (unpaired) electrons. The summed E-state index contributed by atoms with van der Waals surface area (Å²) in [6.45, 7) is 0.965. The molecule has 9 nitrogen and oxygen atoms in total. The number of aromatic amines is 2. The molecular weight excluding hydrogens is 349 g/mol. The summed E-state index contributed by atoms with van der Waals surface area (Å²) in [6.07, 6.45) is -0.774. The van der Waals surface area contributed by atoms with Crippen molar-refractivity contribution in [2.24, 2.45) is 0 Å². The fourth-order valence-corrected chi connectivity index (χ4v) is 3.06. The third-order valence-corrected chi connectivity index (χ3v) is 3.97. The van der Waals surface area contributed by atoms with Gasteiger partial charge in [0.15, 0.2) is 0 Å². The summed E-state index contributed by atoms with van der Waals surface area (Å²) in [5.41, 5.74) is -0.924. The quantitative estimate of drug-likeness (QED) is 0.457. The number of hydrogen-bond acceptors (Lipinski definition) is 4. The Morgan fingerprint density at radius 2 is 1.87 bits per heavy atom. The van der Waals surface area contributed by atoms with Crippen molar-refractivity contribution < 1.29 is 19.1 Å². The molecule has 11 heteroatoms. The highest BCUT2D eigenvalue weighted by Gasteiger charge is 2.22. The zero-order valence-corrected chi connectivity index (χ0v) is 13.5. The van der Waals surface area contributed by atoms with E-state index in [2.05, 4.69) is 9.97 Å². The van der Waals surface area contributed by atoms with E-state index in [4.69, 9.17) is 21.4 Å². The summed E-state index contributed by atoms with van der Waals surface area (Å²) in [5.74, 6) is -0.562. The van der Waals surface area contributed by atoms with Crippen molar-refractivity contribution in [1.82, 2.24) is 14.9 Å². The van der Waals surface area contributed by atoms with Gasteiger partial charge < -0.3 is 24.7 Å². The van der Waals surface area contributed by atoms with Crippen LogP contribution in [0.25, 0.3) is 11.0 Å².